The van der Waals surface area contributed by atoms with Crippen LogP contribution in [0.25, 0.3) is 0 Å². The number of anilines is 1. The van der Waals surface area contributed by atoms with E-state index in [9.17, 15) is 13.2 Å². The summed E-state index contributed by atoms with van der Waals surface area (Å²) >= 11 is 0. The van der Waals surface area contributed by atoms with Crippen LogP contribution in [-0.4, -0.2) is 26.6 Å². The van der Waals surface area contributed by atoms with Crippen LogP contribution in [0.4, 0.5) is 18.9 Å². The number of benzene rings is 1. The van der Waals surface area contributed by atoms with Crippen LogP contribution in [-0.2, 0) is 4.74 Å². The number of methoxy groups -OCH3 is 1. The van der Waals surface area contributed by atoms with Gasteiger partial charge in [-0.3, -0.25) is 0 Å². The van der Waals surface area contributed by atoms with Gasteiger partial charge in [0.25, 0.3) is 0 Å². The number of hydrogen-bond donors (Lipinski definition) is 0. The minimum atomic E-state index is -4.74. The fraction of sp³-hybridized carbons (Fsp3) is 0.412. The van der Waals surface area contributed by atoms with Gasteiger partial charge in [-0.2, -0.15) is 0 Å². The largest absolute Gasteiger partial charge is 0.573 e. The van der Waals surface area contributed by atoms with Crippen molar-refractivity contribution in [3.05, 3.63) is 96.3 Å². The summed E-state index contributed by atoms with van der Waals surface area (Å²) < 4.78 is 47.3. The lowest BCUT2D eigenvalue weighted by Crippen LogP contribution is -2.26. The van der Waals surface area contributed by atoms with Crippen molar-refractivity contribution in [2.24, 2.45) is 0 Å². The molecule has 0 aromatic heterocycles. The van der Waals surface area contributed by atoms with Crippen molar-refractivity contribution < 1.29 is 22.6 Å². The van der Waals surface area contributed by atoms with Crippen LogP contribution >= 0.6 is 0 Å². The Bertz CT molecular complexity index is 1100. The van der Waals surface area contributed by atoms with Gasteiger partial charge in [-0.25, -0.2) is 0 Å². The summed E-state index contributed by atoms with van der Waals surface area (Å²) in [4.78, 5) is 1.88. The van der Waals surface area contributed by atoms with E-state index >= 15 is 0 Å². The summed E-state index contributed by atoms with van der Waals surface area (Å²) in [5.74, 6) is 2.25. The smallest absolute Gasteiger partial charge is 0.406 e. The maximum Gasteiger partial charge on any atom is 0.573 e. The Morgan fingerprint density at radius 1 is 1.12 bits per heavy atom. The molecule has 1 atom stereocenters. The molecule has 0 aliphatic heterocycles. The molecule has 0 amide bonds. The zero-order valence-corrected chi connectivity index (χ0v) is 24.3. The summed E-state index contributed by atoms with van der Waals surface area (Å²) in [5.41, 5.74) is 8.01. The second-order valence-electron chi connectivity index (χ2n) is 9.44. The highest BCUT2D eigenvalue weighted by molar-refractivity contribution is 5.55. The first-order valence-electron chi connectivity index (χ1n) is 13.5. The van der Waals surface area contributed by atoms with Crippen molar-refractivity contribution in [1.29, 1.82) is 0 Å². The summed E-state index contributed by atoms with van der Waals surface area (Å²) in [7, 11) is 3.46. The predicted molar refractivity (Wildman–Crippen MR) is 161 cm³/mol. The lowest BCUT2D eigenvalue weighted by Gasteiger charge is -2.27. The molecule has 0 saturated carbocycles. The SMILES string of the molecule is C#C[CH]C/C=C/CCC(=C)CC/C(=C/CCC)CC(=C=C)/C=C(/C(C)OC)N(C)c1ccc(OC(F)(F)F)cc1. The first kappa shape index (κ1) is 34.6. The second kappa shape index (κ2) is 18.8. The van der Waals surface area contributed by atoms with Crippen LogP contribution in [0.2, 0.25) is 0 Å². The average Bonchev–Trinajstić information content (AvgIpc) is 2.92. The van der Waals surface area contributed by atoms with Crippen molar-refractivity contribution in [2.45, 2.75) is 77.7 Å². The Balaban J connectivity index is 3.01. The third kappa shape index (κ3) is 14.1. The molecular weight excluding hydrogens is 511 g/mol. The molecule has 217 valence electrons. The maximum absolute atomic E-state index is 12.6. The Labute approximate surface area is 239 Å². The Kier molecular flexibility index (Phi) is 16.3. The Hall–Kier alpha value is -3.39. The third-order valence-electron chi connectivity index (χ3n) is 6.31. The van der Waals surface area contributed by atoms with Crippen LogP contribution in [0.1, 0.15) is 65.2 Å². The van der Waals surface area contributed by atoms with Gasteiger partial charge in [-0.05, 0) is 81.4 Å². The van der Waals surface area contributed by atoms with Crippen molar-refractivity contribution >= 4 is 5.69 Å². The van der Waals surface area contributed by atoms with Crippen molar-refractivity contribution in [2.75, 3.05) is 19.1 Å². The number of hydrogen-bond acceptors (Lipinski definition) is 3. The van der Waals surface area contributed by atoms with Gasteiger partial charge in [0.1, 0.15) is 5.75 Å². The van der Waals surface area contributed by atoms with Crippen LogP contribution in [0.3, 0.4) is 0 Å². The zero-order chi connectivity index (χ0) is 30.0. The fourth-order valence-corrected chi connectivity index (χ4v) is 3.93. The molecule has 1 rings (SSSR count). The quantitative estimate of drug-likeness (QED) is 0.0593. The summed E-state index contributed by atoms with van der Waals surface area (Å²) in [6.07, 6.45) is 17.7. The molecule has 0 fully saturated rings. The Morgan fingerprint density at radius 3 is 2.40 bits per heavy atom. The standard InChI is InChI=1S/C34H43F3NO2/c1-8-11-13-14-15-16-17-27(4)19-20-30(18-12-9-2)25-29(10-3)26-33(28(5)39-7)38(6)31-21-23-32(24-22-31)40-34(35,36)37/h1,11,14-15,18,21-24,26,28H,3-4,9,12-13,16-17,19-20,25H2,2,5-7H3/b15-14+,30-18-,33-26-. The molecule has 1 aromatic carbocycles. The highest BCUT2D eigenvalue weighted by Gasteiger charge is 2.31. The number of halogens is 3. The van der Waals surface area contributed by atoms with E-state index in [-0.39, 0.29) is 11.9 Å². The molecule has 0 heterocycles. The van der Waals surface area contributed by atoms with Gasteiger partial charge in [0, 0.05) is 38.4 Å². The van der Waals surface area contributed by atoms with Crippen molar-refractivity contribution in [3.8, 4) is 18.1 Å². The Morgan fingerprint density at radius 2 is 1.82 bits per heavy atom. The number of unbranched alkanes of at least 4 members (excludes halogenated alkanes) is 2. The minimum Gasteiger partial charge on any atom is -0.406 e. The summed E-state index contributed by atoms with van der Waals surface area (Å²) in [5, 5.41) is 0. The predicted octanol–water partition coefficient (Wildman–Crippen LogP) is 9.67. The number of allylic oxidation sites excluding steroid dienone is 7. The van der Waals surface area contributed by atoms with Crippen molar-refractivity contribution in [1.82, 2.24) is 0 Å². The molecule has 1 unspecified atom stereocenters. The van der Waals surface area contributed by atoms with Crippen LogP contribution in [0.5, 0.6) is 5.75 Å². The van der Waals surface area contributed by atoms with Crippen LogP contribution in [0, 0.1) is 18.8 Å². The van der Waals surface area contributed by atoms with Gasteiger partial charge in [0.15, 0.2) is 0 Å². The summed E-state index contributed by atoms with van der Waals surface area (Å²) in [6, 6.07) is 5.75. The van der Waals surface area contributed by atoms with Crippen molar-refractivity contribution in [3.63, 3.8) is 0 Å². The van der Waals surface area contributed by atoms with Gasteiger partial charge >= 0.3 is 6.36 Å². The van der Waals surface area contributed by atoms with E-state index in [0.29, 0.717) is 12.1 Å². The number of nitrogens with zero attached hydrogens (tertiary/aromatic N) is 1. The van der Waals surface area contributed by atoms with Crippen LogP contribution in [0.15, 0.2) is 89.9 Å². The van der Waals surface area contributed by atoms with Gasteiger partial charge in [-0.15, -0.1) is 31.2 Å². The molecule has 0 aliphatic carbocycles. The molecule has 1 radical (unpaired) electrons. The van der Waals surface area contributed by atoms with E-state index in [2.05, 4.69) is 54.7 Å². The number of likely N-dealkylation sites (N-methyl/N-ethyl adjacent to an activating group) is 1. The van der Waals surface area contributed by atoms with E-state index in [1.54, 1.807) is 25.7 Å². The van der Waals surface area contributed by atoms with E-state index in [1.807, 2.05) is 24.9 Å². The molecule has 0 spiro atoms. The lowest BCUT2D eigenvalue weighted by molar-refractivity contribution is -0.274. The monoisotopic (exact) mass is 554 g/mol. The lowest BCUT2D eigenvalue weighted by atomic mass is 9.95. The molecule has 3 nitrogen and oxygen atoms in total. The second-order valence-corrected chi connectivity index (χ2v) is 9.44. The third-order valence-corrected chi connectivity index (χ3v) is 6.31. The number of rotatable bonds is 18. The molecule has 6 heteroatoms. The van der Waals surface area contributed by atoms with Gasteiger partial charge in [-0.1, -0.05) is 55.9 Å². The first-order valence-corrected chi connectivity index (χ1v) is 13.5. The topological polar surface area (TPSA) is 21.7 Å². The van der Waals surface area contributed by atoms with E-state index in [1.165, 1.54) is 23.3 Å². The molecule has 0 bridgehead atoms. The first-order chi connectivity index (χ1) is 19.0. The molecule has 0 saturated heterocycles. The highest BCUT2D eigenvalue weighted by Crippen LogP contribution is 2.29. The minimum absolute atomic E-state index is 0.271. The van der Waals surface area contributed by atoms with Crippen LogP contribution < -0.4 is 9.64 Å². The highest BCUT2D eigenvalue weighted by atomic mass is 19.4. The molecule has 40 heavy (non-hydrogen) atoms. The normalized spacial score (nSPS) is 13.1. The number of terminal acetylenes is 1. The number of alkyl halides is 3. The molecule has 1 aromatic rings. The summed E-state index contributed by atoms with van der Waals surface area (Å²) in [6.45, 7) is 12.3. The van der Waals surface area contributed by atoms with Gasteiger partial charge in [0.05, 0.1) is 6.10 Å². The fourth-order valence-electron chi connectivity index (χ4n) is 3.93. The maximum atomic E-state index is 12.6. The molecule has 0 aliphatic rings. The average molecular weight is 555 g/mol. The van der Waals surface area contributed by atoms with Gasteiger partial charge < -0.3 is 14.4 Å². The van der Waals surface area contributed by atoms with Gasteiger partial charge in [0.2, 0.25) is 0 Å². The molecule has 0 N–H and O–H groups in total. The van der Waals surface area contributed by atoms with E-state index < -0.39 is 6.36 Å². The zero-order valence-electron chi connectivity index (χ0n) is 24.3. The molecular formula is C34H43F3NO2. The number of ether oxygens (including phenoxy) is 2. The van der Waals surface area contributed by atoms with E-state index in [4.69, 9.17) is 11.2 Å². The van der Waals surface area contributed by atoms with E-state index in [0.717, 1.165) is 56.2 Å².